The van der Waals surface area contributed by atoms with Gasteiger partial charge in [0.15, 0.2) is 6.04 Å². The first-order valence-corrected chi connectivity index (χ1v) is 9.53. The maximum atomic E-state index is 12.8. The number of rotatable bonds is 4. The molecule has 1 amide bonds. The van der Waals surface area contributed by atoms with Crippen molar-refractivity contribution in [2.24, 2.45) is 0 Å². The SMILES string of the molecule is COc1cc2c(cc1NC(=O)[C@@H](C)[NH+]1CC[NH+](C)CC1)oc1ccccc12. The molecule has 0 bridgehead atoms. The van der Waals surface area contributed by atoms with Gasteiger partial charge in [0.05, 0.1) is 19.8 Å². The van der Waals surface area contributed by atoms with Gasteiger partial charge in [-0.15, -0.1) is 0 Å². The van der Waals surface area contributed by atoms with E-state index in [1.807, 2.05) is 43.3 Å². The van der Waals surface area contributed by atoms with Gasteiger partial charge in [-0.25, -0.2) is 0 Å². The molecule has 1 fully saturated rings. The van der Waals surface area contributed by atoms with Crippen molar-refractivity contribution in [3.63, 3.8) is 0 Å². The molecule has 27 heavy (non-hydrogen) atoms. The molecule has 0 unspecified atom stereocenters. The van der Waals surface area contributed by atoms with Crippen molar-refractivity contribution >= 4 is 33.5 Å². The molecule has 0 saturated carbocycles. The molecule has 0 spiro atoms. The average Bonchev–Trinajstić information content (AvgIpc) is 3.04. The van der Waals surface area contributed by atoms with Crippen LogP contribution in [0.3, 0.4) is 0 Å². The van der Waals surface area contributed by atoms with Gasteiger partial charge in [-0.1, -0.05) is 18.2 Å². The predicted octanol–water partition coefficient (Wildman–Crippen LogP) is 0.335. The number of ether oxygens (including phenoxy) is 1. The van der Waals surface area contributed by atoms with Crippen LogP contribution < -0.4 is 19.9 Å². The number of methoxy groups -OCH3 is 1. The summed E-state index contributed by atoms with van der Waals surface area (Å²) in [5.41, 5.74) is 2.23. The molecule has 3 N–H and O–H groups in total. The number of quaternary nitrogens is 2. The minimum absolute atomic E-state index is 0.0123. The van der Waals surface area contributed by atoms with Crippen LogP contribution in [-0.2, 0) is 4.79 Å². The average molecular weight is 369 g/mol. The minimum Gasteiger partial charge on any atom is -0.495 e. The van der Waals surface area contributed by atoms with Crippen molar-refractivity contribution in [3.8, 4) is 5.75 Å². The molecule has 142 valence electrons. The number of benzene rings is 2. The van der Waals surface area contributed by atoms with Crippen LogP contribution in [0.4, 0.5) is 5.69 Å². The van der Waals surface area contributed by atoms with E-state index < -0.39 is 0 Å². The number of amides is 1. The minimum atomic E-state index is -0.103. The maximum absolute atomic E-state index is 12.8. The van der Waals surface area contributed by atoms with Gasteiger partial charge in [-0.2, -0.15) is 0 Å². The van der Waals surface area contributed by atoms with Gasteiger partial charge in [0.25, 0.3) is 5.91 Å². The van der Waals surface area contributed by atoms with Gasteiger partial charge in [-0.3, -0.25) is 4.79 Å². The number of para-hydroxylation sites is 1. The Kier molecular flexibility index (Phi) is 4.76. The van der Waals surface area contributed by atoms with Crippen LogP contribution >= 0.6 is 0 Å². The fraction of sp³-hybridized carbons (Fsp3) is 0.381. The molecule has 3 aromatic rings. The highest BCUT2D eigenvalue weighted by Gasteiger charge is 2.30. The van der Waals surface area contributed by atoms with Crippen molar-refractivity contribution in [3.05, 3.63) is 36.4 Å². The monoisotopic (exact) mass is 369 g/mol. The van der Waals surface area contributed by atoms with Crippen molar-refractivity contribution < 1.29 is 23.7 Å². The highest BCUT2D eigenvalue weighted by Crippen LogP contribution is 2.36. The second-order valence-corrected chi connectivity index (χ2v) is 7.47. The third-order valence-electron chi connectivity index (χ3n) is 5.71. The highest BCUT2D eigenvalue weighted by atomic mass is 16.5. The molecule has 2 aromatic carbocycles. The number of anilines is 1. The molecular formula is C21H27N3O3+2. The molecule has 2 heterocycles. The first-order valence-electron chi connectivity index (χ1n) is 9.53. The molecule has 6 nitrogen and oxygen atoms in total. The Hall–Kier alpha value is -2.57. The summed E-state index contributed by atoms with van der Waals surface area (Å²) in [5, 5.41) is 5.08. The summed E-state index contributed by atoms with van der Waals surface area (Å²) < 4.78 is 11.5. The Balaban J connectivity index is 1.60. The molecule has 0 radical (unpaired) electrons. The normalized spacial score (nSPS) is 21.3. The zero-order valence-corrected chi connectivity index (χ0v) is 16.1. The third-order valence-corrected chi connectivity index (χ3v) is 5.71. The summed E-state index contributed by atoms with van der Waals surface area (Å²) in [5.74, 6) is 0.658. The summed E-state index contributed by atoms with van der Waals surface area (Å²) in [4.78, 5) is 15.7. The highest BCUT2D eigenvalue weighted by molar-refractivity contribution is 6.08. The molecule has 1 aliphatic rings. The van der Waals surface area contributed by atoms with E-state index >= 15 is 0 Å². The van der Waals surface area contributed by atoms with E-state index in [1.165, 1.54) is 9.80 Å². The van der Waals surface area contributed by atoms with E-state index in [9.17, 15) is 4.79 Å². The topological polar surface area (TPSA) is 60.3 Å². The molecule has 1 atom stereocenters. The lowest BCUT2D eigenvalue weighted by Crippen LogP contribution is -3.29. The zero-order chi connectivity index (χ0) is 19.0. The molecule has 1 aliphatic heterocycles. The first kappa shape index (κ1) is 17.8. The maximum Gasteiger partial charge on any atom is 0.282 e. The van der Waals surface area contributed by atoms with Gasteiger partial charge in [0.1, 0.15) is 43.1 Å². The smallest absolute Gasteiger partial charge is 0.282 e. The first-order chi connectivity index (χ1) is 13.1. The van der Waals surface area contributed by atoms with Crippen LogP contribution in [0, 0.1) is 0 Å². The summed E-state index contributed by atoms with van der Waals surface area (Å²) in [6.07, 6.45) is 0. The third kappa shape index (κ3) is 3.38. The number of hydrogen-bond donors (Lipinski definition) is 3. The second-order valence-electron chi connectivity index (χ2n) is 7.47. The van der Waals surface area contributed by atoms with E-state index in [0.717, 1.165) is 48.1 Å². The van der Waals surface area contributed by atoms with Crippen LogP contribution in [0.1, 0.15) is 6.92 Å². The van der Waals surface area contributed by atoms with Gasteiger partial charge < -0.3 is 24.3 Å². The van der Waals surface area contributed by atoms with Gasteiger partial charge in [0.2, 0.25) is 0 Å². The summed E-state index contributed by atoms with van der Waals surface area (Å²) in [6.45, 7) is 6.22. The lowest BCUT2D eigenvalue weighted by Gasteiger charge is -2.30. The Morgan fingerprint density at radius 2 is 1.85 bits per heavy atom. The lowest BCUT2D eigenvalue weighted by atomic mass is 10.1. The number of hydrogen-bond acceptors (Lipinski definition) is 3. The summed E-state index contributed by atoms with van der Waals surface area (Å²) >= 11 is 0. The van der Waals surface area contributed by atoms with E-state index in [0.29, 0.717) is 11.4 Å². The number of carbonyl (C=O) groups excluding carboxylic acids is 1. The zero-order valence-electron chi connectivity index (χ0n) is 16.1. The fourth-order valence-corrected chi connectivity index (χ4v) is 3.88. The number of likely N-dealkylation sites (N-methyl/N-ethyl adjacent to an activating group) is 1. The Morgan fingerprint density at radius 1 is 1.11 bits per heavy atom. The lowest BCUT2D eigenvalue weighted by molar-refractivity contribution is -1.01. The van der Waals surface area contributed by atoms with Crippen LogP contribution in [0.2, 0.25) is 0 Å². The number of furan rings is 1. The van der Waals surface area contributed by atoms with Gasteiger partial charge in [0, 0.05) is 16.8 Å². The predicted molar refractivity (Wildman–Crippen MR) is 106 cm³/mol. The molecular weight excluding hydrogens is 342 g/mol. The Labute approximate surface area is 158 Å². The van der Waals surface area contributed by atoms with Crippen LogP contribution in [0.25, 0.3) is 21.9 Å². The standard InChI is InChI=1S/C21H25N3O3/c1-14(24-10-8-23(2)9-11-24)21(25)22-17-13-19-16(12-20(17)26-3)15-6-4-5-7-18(15)27-19/h4-7,12-14H,8-11H2,1-3H3,(H,22,25)/p+2/t14-/m1/s1. The molecule has 1 saturated heterocycles. The number of piperazine rings is 1. The molecule has 4 rings (SSSR count). The Bertz CT molecular complexity index is 973. The number of nitrogens with one attached hydrogen (secondary N) is 3. The van der Waals surface area contributed by atoms with E-state index in [-0.39, 0.29) is 11.9 Å². The van der Waals surface area contributed by atoms with Gasteiger partial charge >= 0.3 is 0 Å². The van der Waals surface area contributed by atoms with E-state index in [4.69, 9.17) is 9.15 Å². The van der Waals surface area contributed by atoms with Crippen molar-refractivity contribution in [2.45, 2.75) is 13.0 Å². The molecule has 6 heteroatoms. The number of fused-ring (bicyclic) bond motifs is 3. The quantitative estimate of drug-likeness (QED) is 0.621. The van der Waals surface area contributed by atoms with Crippen LogP contribution in [0.15, 0.2) is 40.8 Å². The summed E-state index contributed by atoms with van der Waals surface area (Å²) in [7, 11) is 3.83. The summed E-state index contributed by atoms with van der Waals surface area (Å²) in [6, 6.07) is 11.6. The fourth-order valence-electron chi connectivity index (χ4n) is 3.88. The van der Waals surface area contributed by atoms with E-state index in [1.54, 1.807) is 7.11 Å². The Morgan fingerprint density at radius 3 is 2.59 bits per heavy atom. The van der Waals surface area contributed by atoms with Crippen molar-refractivity contribution in [2.75, 3.05) is 45.7 Å². The number of carbonyl (C=O) groups is 1. The van der Waals surface area contributed by atoms with Gasteiger partial charge in [-0.05, 0) is 19.1 Å². The van der Waals surface area contributed by atoms with Crippen molar-refractivity contribution in [1.82, 2.24) is 0 Å². The van der Waals surface area contributed by atoms with E-state index in [2.05, 4.69) is 12.4 Å². The second kappa shape index (κ2) is 7.21. The largest absolute Gasteiger partial charge is 0.495 e. The van der Waals surface area contributed by atoms with Crippen molar-refractivity contribution in [1.29, 1.82) is 0 Å². The van der Waals surface area contributed by atoms with Crippen LogP contribution in [0.5, 0.6) is 5.75 Å². The van der Waals surface area contributed by atoms with Crippen LogP contribution in [-0.4, -0.2) is 52.3 Å². The molecule has 0 aliphatic carbocycles. The molecule has 1 aromatic heterocycles.